The topological polar surface area (TPSA) is 62.0 Å². The zero-order valence-electron chi connectivity index (χ0n) is 12.9. The van der Waals surface area contributed by atoms with Crippen LogP contribution in [0.5, 0.6) is 0 Å². The molecule has 0 radical (unpaired) electrons. The van der Waals surface area contributed by atoms with Crippen molar-refractivity contribution in [2.24, 2.45) is 5.10 Å². The third-order valence-corrected chi connectivity index (χ3v) is 3.94. The fourth-order valence-electron chi connectivity index (χ4n) is 2.22. The predicted molar refractivity (Wildman–Crippen MR) is 92.8 cm³/mol. The van der Waals surface area contributed by atoms with Crippen LogP contribution in [0.2, 0.25) is 0 Å². The molecule has 0 fully saturated rings. The van der Waals surface area contributed by atoms with E-state index in [1.165, 1.54) is 0 Å². The second-order valence-corrected chi connectivity index (χ2v) is 6.17. The molecule has 6 nitrogen and oxygen atoms in total. The van der Waals surface area contributed by atoms with Crippen LogP contribution in [0.1, 0.15) is 5.69 Å². The number of rotatable bonds is 5. The summed E-state index contributed by atoms with van der Waals surface area (Å²) in [6, 6.07) is 9.94. The van der Waals surface area contributed by atoms with Crippen LogP contribution in [-0.2, 0) is 4.79 Å². The number of hydrogen-bond acceptors (Lipinski definition) is 5. The smallest absolute Gasteiger partial charge is 0.254 e. The largest absolute Gasteiger partial charge is 0.301 e. The molecule has 2 aromatic heterocycles. The summed E-state index contributed by atoms with van der Waals surface area (Å²) >= 11 is 1.56. The number of hydrogen-bond donors (Lipinski definition) is 1. The Kier molecular flexibility index (Phi) is 4.50. The first kappa shape index (κ1) is 15.4. The number of thiazole rings is 1. The molecule has 0 bridgehead atoms. The van der Waals surface area contributed by atoms with Gasteiger partial charge in [-0.15, -0.1) is 11.3 Å². The summed E-state index contributed by atoms with van der Waals surface area (Å²) < 4.78 is 1.97. The number of likely N-dealkylation sites (N-methyl/N-ethyl adjacent to an activating group) is 1. The molecular weight excluding hydrogens is 310 g/mol. The maximum absolute atomic E-state index is 11.7. The molecule has 2 heterocycles. The highest BCUT2D eigenvalue weighted by Gasteiger charge is 2.13. The first-order chi connectivity index (χ1) is 11.1. The first-order valence-corrected chi connectivity index (χ1v) is 8.00. The van der Waals surface area contributed by atoms with Gasteiger partial charge in [-0.25, -0.2) is 10.4 Å². The zero-order chi connectivity index (χ0) is 16.2. The molecule has 3 rings (SSSR count). The molecule has 0 saturated carbocycles. The van der Waals surface area contributed by atoms with Crippen LogP contribution in [-0.4, -0.2) is 47.0 Å². The molecule has 0 saturated heterocycles. The third-order valence-electron chi connectivity index (χ3n) is 3.18. The van der Waals surface area contributed by atoms with Gasteiger partial charge in [0.15, 0.2) is 4.96 Å². The van der Waals surface area contributed by atoms with E-state index in [1.54, 1.807) is 22.5 Å². The summed E-state index contributed by atoms with van der Waals surface area (Å²) in [6.07, 6.45) is 3.59. The van der Waals surface area contributed by atoms with E-state index < -0.39 is 0 Å². The minimum atomic E-state index is -0.154. The van der Waals surface area contributed by atoms with Crippen molar-refractivity contribution in [2.75, 3.05) is 20.6 Å². The van der Waals surface area contributed by atoms with Gasteiger partial charge in [-0.1, -0.05) is 30.3 Å². The summed E-state index contributed by atoms with van der Waals surface area (Å²) in [4.78, 5) is 19.0. The number of aromatic nitrogens is 2. The van der Waals surface area contributed by atoms with Gasteiger partial charge in [0, 0.05) is 17.1 Å². The first-order valence-electron chi connectivity index (χ1n) is 7.13. The van der Waals surface area contributed by atoms with Crippen molar-refractivity contribution >= 4 is 28.4 Å². The Morgan fingerprint density at radius 2 is 2.17 bits per heavy atom. The molecule has 1 amide bonds. The van der Waals surface area contributed by atoms with Crippen molar-refractivity contribution in [1.82, 2.24) is 19.7 Å². The van der Waals surface area contributed by atoms with Crippen LogP contribution >= 0.6 is 11.3 Å². The molecule has 0 aliphatic rings. The fourth-order valence-corrected chi connectivity index (χ4v) is 2.94. The van der Waals surface area contributed by atoms with Crippen molar-refractivity contribution < 1.29 is 4.79 Å². The summed E-state index contributed by atoms with van der Waals surface area (Å²) in [5, 5.41) is 6.05. The zero-order valence-corrected chi connectivity index (χ0v) is 13.7. The normalized spacial score (nSPS) is 11.6. The van der Waals surface area contributed by atoms with Gasteiger partial charge in [-0.2, -0.15) is 5.10 Å². The van der Waals surface area contributed by atoms with E-state index in [9.17, 15) is 4.79 Å². The maximum Gasteiger partial charge on any atom is 0.254 e. The Morgan fingerprint density at radius 1 is 1.39 bits per heavy atom. The van der Waals surface area contributed by atoms with Gasteiger partial charge in [-0.3, -0.25) is 9.20 Å². The van der Waals surface area contributed by atoms with Gasteiger partial charge >= 0.3 is 0 Å². The van der Waals surface area contributed by atoms with Gasteiger partial charge in [-0.05, 0) is 14.1 Å². The summed E-state index contributed by atoms with van der Waals surface area (Å²) in [7, 11) is 3.67. The molecule has 0 aliphatic carbocycles. The van der Waals surface area contributed by atoms with E-state index in [0.717, 1.165) is 21.9 Å². The van der Waals surface area contributed by atoms with Crippen LogP contribution in [0.3, 0.4) is 0 Å². The average Bonchev–Trinajstić information content (AvgIpc) is 3.09. The lowest BCUT2D eigenvalue weighted by atomic mass is 10.1. The quantitative estimate of drug-likeness (QED) is 0.576. The lowest BCUT2D eigenvalue weighted by molar-refractivity contribution is -0.121. The second kappa shape index (κ2) is 6.72. The van der Waals surface area contributed by atoms with Gasteiger partial charge in [0.2, 0.25) is 0 Å². The van der Waals surface area contributed by atoms with E-state index >= 15 is 0 Å². The van der Waals surface area contributed by atoms with E-state index in [0.29, 0.717) is 6.54 Å². The molecule has 1 aromatic carbocycles. The van der Waals surface area contributed by atoms with Crippen LogP contribution in [0.25, 0.3) is 16.2 Å². The molecule has 1 N–H and O–H groups in total. The highest BCUT2D eigenvalue weighted by Crippen LogP contribution is 2.25. The van der Waals surface area contributed by atoms with Gasteiger partial charge in [0.25, 0.3) is 5.91 Å². The lowest BCUT2D eigenvalue weighted by Gasteiger charge is -2.06. The third kappa shape index (κ3) is 3.46. The number of nitrogens with one attached hydrogen (secondary N) is 1. The number of imidazole rings is 1. The number of fused-ring (bicyclic) bond motifs is 1. The lowest BCUT2D eigenvalue weighted by Crippen LogP contribution is -2.30. The monoisotopic (exact) mass is 327 g/mol. The van der Waals surface area contributed by atoms with E-state index in [2.05, 4.69) is 15.5 Å². The minimum Gasteiger partial charge on any atom is -0.301 e. The van der Waals surface area contributed by atoms with Crippen molar-refractivity contribution in [2.45, 2.75) is 0 Å². The Hall–Kier alpha value is -2.51. The number of carbonyl (C=O) groups is 1. The number of benzene rings is 1. The molecule has 0 aliphatic heterocycles. The molecular formula is C16H17N5OS. The Bertz CT molecular complexity index is 835. The summed E-state index contributed by atoms with van der Waals surface area (Å²) in [5.41, 5.74) is 5.25. The van der Waals surface area contributed by atoms with Crippen LogP contribution in [0, 0.1) is 0 Å². The average molecular weight is 327 g/mol. The van der Waals surface area contributed by atoms with Crippen LogP contribution in [0.4, 0.5) is 0 Å². The van der Waals surface area contributed by atoms with Gasteiger partial charge in [0.1, 0.15) is 0 Å². The molecule has 0 unspecified atom stereocenters. The Morgan fingerprint density at radius 3 is 2.91 bits per heavy atom. The molecule has 0 atom stereocenters. The van der Waals surface area contributed by atoms with Crippen LogP contribution in [0.15, 0.2) is 47.0 Å². The van der Waals surface area contributed by atoms with Crippen LogP contribution < -0.4 is 5.43 Å². The van der Waals surface area contributed by atoms with E-state index in [1.807, 2.05) is 60.4 Å². The standard InChI is InChI=1S/C16H17N5OS/c1-20(2)11-14(22)19-17-10-13-15(12-6-4-3-5-7-12)18-16-21(13)8-9-23-16/h3-10H,11H2,1-2H3,(H,19,22)/b17-10+. The maximum atomic E-state index is 11.7. The Labute approximate surface area is 138 Å². The van der Waals surface area contributed by atoms with Gasteiger partial charge < -0.3 is 4.90 Å². The second-order valence-electron chi connectivity index (χ2n) is 5.30. The van der Waals surface area contributed by atoms with E-state index in [-0.39, 0.29) is 5.91 Å². The molecule has 118 valence electrons. The molecule has 7 heteroatoms. The molecule has 0 spiro atoms. The molecule has 3 aromatic rings. The van der Waals surface area contributed by atoms with Crippen molar-refractivity contribution in [3.8, 4) is 11.3 Å². The SMILES string of the molecule is CN(C)CC(=O)N/N=C/c1c(-c2ccccc2)nc2sccn12. The van der Waals surface area contributed by atoms with Crippen molar-refractivity contribution in [3.05, 3.63) is 47.6 Å². The Balaban J connectivity index is 1.90. The number of nitrogens with zero attached hydrogens (tertiary/aromatic N) is 4. The minimum absolute atomic E-state index is 0.154. The summed E-state index contributed by atoms with van der Waals surface area (Å²) in [5.74, 6) is -0.154. The highest BCUT2D eigenvalue weighted by molar-refractivity contribution is 7.15. The molecule has 23 heavy (non-hydrogen) atoms. The van der Waals surface area contributed by atoms with Crippen molar-refractivity contribution in [1.29, 1.82) is 0 Å². The highest BCUT2D eigenvalue weighted by atomic mass is 32.1. The van der Waals surface area contributed by atoms with Gasteiger partial charge in [0.05, 0.1) is 24.1 Å². The number of hydrazone groups is 1. The predicted octanol–water partition coefficient (Wildman–Crippen LogP) is 2.07. The van der Waals surface area contributed by atoms with Crippen molar-refractivity contribution in [3.63, 3.8) is 0 Å². The fraction of sp³-hybridized carbons (Fsp3) is 0.188. The number of amides is 1. The summed E-state index contributed by atoms with van der Waals surface area (Å²) in [6.45, 7) is 0.295. The van der Waals surface area contributed by atoms with E-state index in [4.69, 9.17) is 0 Å². The number of carbonyl (C=O) groups excluding carboxylic acids is 1.